The average molecular weight is 236 g/mol. The first-order valence-corrected chi connectivity index (χ1v) is 6.51. The van der Waals surface area contributed by atoms with Crippen LogP contribution in [0.3, 0.4) is 0 Å². The van der Waals surface area contributed by atoms with E-state index in [0.29, 0.717) is 16.7 Å². The molecule has 1 fully saturated rings. The van der Waals surface area contributed by atoms with Crippen LogP contribution in [0.15, 0.2) is 10.6 Å². The molecule has 0 bridgehead atoms. The molecule has 1 unspecified atom stereocenters. The van der Waals surface area contributed by atoms with Crippen molar-refractivity contribution >= 4 is 0 Å². The maximum Gasteiger partial charge on any atom is 0.211 e. The Morgan fingerprint density at radius 1 is 1.35 bits per heavy atom. The Bertz CT molecular complexity index is 392. The quantitative estimate of drug-likeness (QED) is 0.869. The van der Waals surface area contributed by atoms with E-state index in [0.717, 1.165) is 18.2 Å². The molecule has 2 rings (SSSR count). The maximum atomic E-state index is 5.92. The Morgan fingerprint density at radius 3 is 2.41 bits per heavy atom. The highest BCUT2D eigenvalue weighted by Gasteiger charge is 2.66. The Hall–Kier alpha value is -0.830. The van der Waals surface area contributed by atoms with Crippen molar-refractivity contribution in [1.29, 1.82) is 0 Å². The molecule has 1 N–H and O–H groups in total. The Morgan fingerprint density at radius 2 is 1.94 bits per heavy atom. The van der Waals surface area contributed by atoms with Gasteiger partial charge in [0.15, 0.2) is 0 Å². The zero-order chi connectivity index (χ0) is 12.8. The van der Waals surface area contributed by atoms with E-state index in [4.69, 9.17) is 4.42 Å². The van der Waals surface area contributed by atoms with Gasteiger partial charge in [-0.3, -0.25) is 0 Å². The van der Waals surface area contributed by atoms with E-state index >= 15 is 0 Å². The zero-order valence-corrected chi connectivity index (χ0v) is 11.8. The summed E-state index contributed by atoms with van der Waals surface area (Å²) in [5.41, 5.74) is 0.621. The van der Waals surface area contributed by atoms with E-state index in [1.807, 2.05) is 6.20 Å². The van der Waals surface area contributed by atoms with Crippen LogP contribution in [-0.4, -0.2) is 11.5 Å². The largest absolute Gasteiger partial charge is 0.444 e. The van der Waals surface area contributed by atoms with Gasteiger partial charge in [-0.1, -0.05) is 34.6 Å². The van der Waals surface area contributed by atoms with Gasteiger partial charge in [-0.05, 0) is 24.3 Å². The van der Waals surface area contributed by atoms with Gasteiger partial charge in [-0.25, -0.2) is 4.98 Å². The minimum atomic E-state index is 0.193. The summed E-state index contributed by atoms with van der Waals surface area (Å²) in [6.45, 7) is 14.3. The first-order chi connectivity index (χ1) is 7.82. The number of oxazole rings is 1. The summed E-state index contributed by atoms with van der Waals surface area (Å²) in [6.07, 6.45) is 1.91. The minimum Gasteiger partial charge on any atom is -0.444 e. The fourth-order valence-corrected chi connectivity index (χ4v) is 2.94. The first kappa shape index (κ1) is 12.6. The second-order valence-corrected chi connectivity index (χ2v) is 6.26. The highest BCUT2D eigenvalue weighted by molar-refractivity contribution is 5.27. The van der Waals surface area contributed by atoms with E-state index < -0.39 is 0 Å². The lowest BCUT2D eigenvalue weighted by molar-refractivity contribution is 0.389. The first-order valence-electron chi connectivity index (χ1n) is 6.51. The third-order valence-corrected chi connectivity index (χ3v) is 4.73. The van der Waals surface area contributed by atoms with Crippen molar-refractivity contribution in [3.63, 3.8) is 0 Å². The molecule has 1 aromatic rings. The molecule has 0 radical (unpaired) electrons. The minimum absolute atomic E-state index is 0.193. The van der Waals surface area contributed by atoms with Crippen LogP contribution >= 0.6 is 0 Å². The van der Waals surface area contributed by atoms with E-state index in [2.05, 4.69) is 51.8 Å². The smallest absolute Gasteiger partial charge is 0.211 e. The molecule has 1 aliphatic rings. The highest BCUT2D eigenvalue weighted by atomic mass is 16.4. The van der Waals surface area contributed by atoms with E-state index in [1.165, 1.54) is 0 Å². The summed E-state index contributed by atoms with van der Waals surface area (Å²) in [5, 5.41) is 3.32. The van der Waals surface area contributed by atoms with Gasteiger partial charge in [0.25, 0.3) is 0 Å². The van der Waals surface area contributed by atoms with E-state index in [-0.39, 0.29) is 6.04 Å². The Kier molecular flexibility index (Phi) is 2.85. The predicted molar refractivity (Wildman–Crippen MR) is 68.9 cm³/mol. The van der Waals surface area contributed by atoms with Crippen molar-refractivity contribution in [2.24, 2.45) is 10.8 Å². The van der Waals surface area contributed by atoms with Gasteiger partial charge >= 0.3 is 0 Å². The van der Waals surface area contributed by atoms with Crippen LogP contribution in [0.4, 0.5) is 0 Å². The molecule has 0 aliphatic heterocycles. The van der Waals surface area contributed by atoms with Crippen LogP contribution < -0.4 is 5.32 Å². The third-order valence-electron chi connectivity index (χ3n) is 4.73. The normalized spacial score (nSPS) is 23.6. The van der Waals surface area contributed by atoms with Crippen LogP contribution in [0.1, 0.15) is 65.2 Å². The molecule has 0 amide bonds. The number of rotatable bonds is 4. The molecule has 3 heteroatoms. The molecule has 17 heavy (non-hydrogen) atoms. The van der Waals surface area contributed by atoms with Crippen LogP contribution in [0.25, 0.3) is 0 Å². The summed E-state index contributed by atoms with van der Waals surface area (Å²) in [5.74, 6) is 2.34. The summed E-state index contributed by atoms with van der Waals surface area (Å²) in [4.78, 5) is 4.40. The number of nitrogens with one attached hydrogen (secondary N) is 1. The lowest BCUT2D eigenvalue weighted by Gasteiger charge is -2.06. The molecule has 1 aliphatic carbocycles. The molecule has 1 saturated carbocycles. The molecule has 0 spiro atoms. The standard InChI is InChI=1S/C14H24N2O/c1-7-15-9(2)12-16-8-10(17-12)11-13(3,4)14(11,5)6/h8-9,11,15H,7H2,1-6H3. The highest BCUT2D eigenvalue weighted by Crippen LogP contribution is 2.73. The molecular formula is C14H24N2O. The van der Waals surface area contributed by atoms with E-state index in [9.17, 15) is 0 Å². The van der Waals surface area contributed by atoms with Crippen molar-refractivity contribution in [2.45, 2.75) is 53.5 Å². The van der Waals surface area contributed by atoms with Gasteiger partial charge in [0, 0.05) is 5.92 Å². The molecule has 0 saturated heterocycles. The molecular weight excluding hydrogens is 212 g/mol. The lowest BCUT2D eigenvalue weighted by Crippen LogP contribution is -2.17. The van der Waals surface area contributed by atoms with Gasteiger partial charge in [0.05, 0.1) is 12.2 Å². The number of aromatic nitrogens is 1. The molecule has 96 valence electrons. The fourth-order valence-electron chi connectivity index (χ4n) is 2.94. The number of hydrogen-bond donors (Lipinski definition) is 1. The number of nitrogens with zero attached hydrogens (tertiary/aromatic N) is 1. The van der Waals surface area contributed by atoms with Gasteiger partial charge in [0.1, 0.15) is 5.76 Å². The summed E-state index contributed by atoms with van der Waals surface area (Å²) >= 11 is 0. The second kappa shape index (κ2) is 3.84. The monoisotopic (exact) mass is 236 g/mol. The van der Waals surface area contributed by atoms with E-state index in [1.54, 1.807) is 0 Å². The average Bonchev–Trinajstić information content (AvgIpc) is 2.59. The second-order valence-electron chi connectivity index (χ2n) is 6.26. The topological polar surface area (TPSA) is 38.1 Å². The van der Waals surface area contributed by atoms with Crippen LogP contribution in [0, 0.1) is 10.8 Å². The maximum absolute atomic E-state index is 5.92. The zero-order valence-electron chi connectivity index (χ0n) is 11.8. The van der Waals surface area contributed by atoms with Crippen molar-refractivity contribution in [1.82, 2.24) is 10.3 Å². The van der Waals surface area contributed by atoms with Gasteiger partial charge in [-0.15, -0.1) is 0 Å². The molecule has 1 atom stereocenters. The molecule has 0 aromatic carbocycles. The van der Waals surface area contributed by atoms with Crippen molar-refractivity contribution < 1.29 is 4.42 Å². The molecule has 1 aromatic heterocycles. The third kappa shape index (κ3) is 1.81. The Labute approximate surface area is 104 Å². The predicted octanol–water partition coefficient (Wildman–Crippen LogP) is 3.49. The van der Waals surface area contributed by atoms with Crippen molar-refractivity contribution in [3.8, 4) is 0 Å². The summed E-state index contributed by atoms with van der Waals surface area (Å²) in [6, 6.07) is 0.193. The lowest BCUT2D eigenvalue weighted by atomic mass is 10.0. The van der Waals surface area contributed by atoms with Crippen molar-refractivity contribution in [3.05, 3.63) is 17.8 Å². The Balaban J connectivity index is 2.16. The van der Waals surface area contributed by atoms with Crippen LogP contribution in [0.5, 0.6) is 0 Å². The van der Waals surface area contributed by atoms with Gasteiger partial charge in [0.2, 0.25) is 5.89 Å². The molecule has 1 heterocycles. The fraction of sp³-hybridized carbons (Fsp3) is 0.786. The molecule has 3 nitrogen and oxygen atoms in total. The van der Waals surface area contributed by atoms with Crippen LogP contribution in [0.2, 0.25) is 0 Å². The number of hydrogen-bond acceptors (Lipinski definition) is 3. The SMILES string of the molecule is CCNC(C)c1ncc(C2C(C)(C)C2(C)C)o1. The van der Waals surface area contributed by atoms with Crippen LogP contribution in [-0.2, 0) is 0 Å². The van der Waals surface area contributed by atoms with Gasteiger partial charge in [-0.2, -0.15) is 0 Å². The summed E-state index contributed by atoms with van der Waals surface area (Å²) < 4.78 is 5.92. The van der Waals surface area contributed by atoms with Gasteiger partial charge < -0.3 is 9.73 Å². The summed E-state index contributed by atoms with van der Waals surface area (Å²) in [7, 11) is 0. The van der Waals surface area contributed by atoms with Crippen molar-refractivity contribution in [2.75, 3.05) is 6.54 Å².